The number of rotatable bonds is 4. The van der Waals surface area contributed by atoms with Crippen LogP contribution >= 0.6 is 11.8 Å². The van der Waals surface area contributed by atoms with Gasteiger partial charge in [0.1, 0.15) is 0 Å². The van der Waals surface area contributed by atoms with Crippen molar-refractivity contribution in [3.63, 3.8) is 0 Å². The molecule has 0 fully saturated rings. The molecule has 3 N–H and O–H groups in total. The maximum Gasteiger partial charge on any atom is 0.241 e. The number of para-hydroxylation sites is 1. The Morgan fingerprint density at radius 3 is 2.56 bits per heavy atom. The summed E-state index contributed by atoms with van der Waals surface area (Å²) in [6.07, 6.45) is 1.98. The topological polar surface area (TPSA) is 55.1 Å². The van der Waals surface area contributed by atoms with E-state index in [-0.39, 0.29) is 11.8 Å². The Morgan fingerprint density at radius 2 is 2.00 bits per heavy atom. The van der Waals surface area contributed by atoms with Gasteiger partial charge in [-0.1, -0.05) is 26.0 Å². The van der Waals surface area contributed by atoms with E-state index in [1.54, 1.807) is 11.8 Å². The average molecular weight is 238 g/mol. The summed E-state index contributed by atoms with van der Waals surface area (Å²) in [6, 6.07) is 7.24. The standard InChI is InChI=1S/C12H18N2OS/c1-8(2)11(13)12(15)14-9-6-4-5-7-10(9)16-3/h4-8,11H,13H2,1-3H3,(H,14,15)/t11-/m0/s1. The zero-order chi connectivity index (χ0) is 12.1. The van der Waals surface area contributed by atoms with E-state index in [0.717, 1.165) is 10.6 Å². The summed E-state index contributed by atoms with van der Waals surface area (Å²) in [5.74, 6) is 0.0120. The normalized spacial score (nSPS) is 12.6. The van der Waals surface area contributed by atoms with Crippen molar-refractivity contribution in [3.05, 3.63) is 24.3 Å². The number of amides is 1. The molecule has 0 aromatic heterocycles. The highest BCUT2D eigenvalue weighted by Gasteiger charge is 2.17. The number of benzene rings is 1. The van der Waals surface area contributed by atoms with Gasteiger partial charge in [0.05, 0.1) is 11.7 Å². The molecule has 88 valence electrons. The molecule has 3 nitrogen and oxygen atoms in total. The van der Waals surface area contributed by atoms with Crippen LogP contribution in [0, 0.1) is 5.92 Å². The van der Waals surface area contributed by atoms with Crippen LogP contribution in [0.25, 0.3) is 0 Å². The molecular formula is C12H18N2OS. The van der Waals surface area contributed by atoms with Gasteiger partial charge in [-0.05, 0) is 24.3 Å². The minimum absolute atomic E-state index is 0.128. The largest absolute Gasteiger partial charge is 0.324 e. The Bertz CT molecular complexity index is 366. The average Bonchev–Trinajstić information content (AvgIpc) is 2.28. The van der Waals surface area contributed by atoms with Crippen molar-refractivity contribution < 1.29 is 4.79 Å². The number of hydrogen-bond acceptors (Lipinski definition) is 3. The lowest BCUT2D eigenvalue weighted by Crippen LogP contribution is -2.39. The summed E-state index contributed by atoms with van der Waals surface area (Å²) >= 11 is 1.60. The highest BCUT2D eigenvalue weighted by Crippen LogP contribution is 2.24. The smallest absolute Gasteiger partial charge is 0.241 e. The van der Waals surface area contributed by atoms with Crippen LogP contribution in [0.5, 0.6) is 0 Å². The number of carbonyl (C=O) groups is 1. The maximum absolute atomic E-state index is 11.8. The Kier molecular flexibility index (Phi) is 4.83. The van der Waals surface area contributed by atoms with Gasteiger partial charge in [-0.3, -0.25) is 4.79 Å². The molecule has 0 saturated heterocycles. The number of nitrogens with two attached hydrogens (primary N) is 1. The molecule has 0 aliphatic carbocycles. The molecule has 16 heavy (non-hydrogen) atoms. The zero-order valence-electron chi connectivity index (χ0n) is 9.86. The monoisotopic (exact) mass is 238 g/mol. The van der Waals surface area contributed by atoms with E-state index < -0.39 is 6.04 Å². The number of carbonyl (C=O) groups excluding carboxylic acids is 1. The predicted molar refractivity (Wildman–Crippen MR) is 69.7 cm³/mol. The molecule has 0 aliphatic rings. The summed E-state index contributed by atoms with van der Waals surface area (Å²) in [5, 5.41) is 2.86. The van der Waals surface area contributed by atoms with E-state index in [4.69, 9.17) is 5.73 Å². The van der Waals surface area contributed by atoms with E-state index in [0.29, 0.717) is 0 Å². The van der Waals surface area contributed by atoms with Crippen LogP contribution in [0.3, 0.4) is 0 Å². The van der Waals surface area contributed by atoms with Crippen LogP contribution in [-0.2, 0) is 4.79 Å². The van der Waals surface area contributed by atoms with Crippen molar-refractivity contribution in [2.45, 2.75) is 24.8 Å². The van der Waals surface area contributed by atoms with Crippen LogP contribution in [0.2, 0.25) is 0 Å². The Hall–Kier alpha value is -1.00. The number of nitrogens with one attached hydrogen (secondary N) is 1. The molecule has 0 bridgehead atoms. The van der Waals surface area contributed by atoms with Gasteiger partial charge in [-0.15, -0.1) is 11.8 Å². The molecule has 0 radical (unpaired) electrons. The Balaban J connectivity index is 2.76. The van der Waals surface area contributed by atoms with Crippen molar-refractivity contribution in [2.24, 2.45) is 11.7 Å². The summed E-state index contributed by atoms with van der Waals surface area (Å²) in [7, 11) is 0. The Labute approximate surface area is 101 Å². The minimum atomic E-state index is -0.463. The molecule has 1 atom stereocenters. The fourth-order valence-electron chi connectivity index (χ4n) is 1.27. The third kappa shape index (κ3) is 3.25. The van der Waals surface area contributed by atoms with Crippen LogP contribution in [0.15, 0.2) is 29.2 Å². The van der Waals surface area contributed by atoms with Crippen molar-refractivity contribution in [2.75, 3.05) is 11.6 Å². The Morgan fingerprint density at radius 1 is 1.38 bits per heavy atom. The summed E-state index contributed by atoms with van der Waals surface area (Å²) < 4.78 is 0. The first-order valence-corrected chi connectivity index (χ1v) is 6.48. The second-order valence-corrected chi connectivity index (χ2v) is 4.81. The molecular weight excluding hydrogens is 220 g/mol. The lowest BCUT2D eigenvalue weighted by molar-refractivity contribution is -0.118. The van der Waals surface area contributed by atoms with Crippen molar-refractivity contribution >= 4 is 23.4 Å². The van der Waals surface area contributed by atoms with E-state index >= 15 is 0 Å². The molecule has 0 saturated carbocycles. The number of anilines is 1. The second kappa shape index (κ2) is 5.92. The van der Waals surface area contributed by atoms with E-state index in [1.165, 1.54) is 0 Å². The van der Waals surface area contributed by atoms with E-state index in [1.807, 2.05) is 44.4 Å². The van der Waals surface area contributed by atoms with Crippen molar-refractivity contribution in [3.8, 4) is 0 Å². The third-order valence-electron chi connectivity index (χ3n) is 2.39. The second-order valence-electron chi connectivity index (χ2n) is 3.96. The SMILES string of the molecule is CSc1ccccc1NC(=O)[C@@H](N)C(C)C. The van der Waals surface area contributed by atoms with Crippen LogP contribution in [0.4, 0.5) is 5.69 Å². The zero-order valence-corrected chi connectivity index (χ0v) is 10.7. The summed E-state index contributed by atoms with van der Waals surface area (Å²) in [5.41, 5.74) is 6.61. The minimum Gasteiger partial charge on any atom is -0.324 e. The highest BCUT2D eigenvalue weighted by molar-refractivity contribution is 7.98. The number of thioether (sulfide) groups is 1. The fourth-order valence-corrected chi connectivity index (χ4v) is 1.82. The van der Waals surface area contributed by atoms with Gasteiger partial charge in [0.2, 0.25) is 5.91 Å². The molecule has 1 aromatic rings. The molecule has 1 rings (SSSR count). The van der Waals surface area contributed by atoms with Gasteiger partial charge in [-0.2, -0.15) is 0 Å². The van der Waals surface area contributed by atoms with Gasteiger partial charge in [0.25, 0.3) is 0 Å². The van der Waals surface area contributed by atoms with Crippen LogP contribution in [0.1, 0.15) is 13.8 Å². The van der Waals surface area contributed by atoms with Gasteiger partial charge < -0.3 is 11.1 Å². The van der Waals surface area contributed by atoms with Crippen molar-refractivity contribution in [1.29, 1.82) is 0 Å². The fraction of sp³-hybridized carbons (Fsp3) is 0.417. The lowest BCUT2D eigenvalue weighted by atomic mass is 10.1. The lowest BCUT2D eigenvalue weighted by Gasteiger charge is -2.16. The third-order valence-corrected chi connectivity index (χ3v) is 3.18. The molecule has 1 amide bonds. The van der Waals surface area contributed by atoms with E-state index in [2.05, 4.69) is 5.32 Å². The first kappa shape index (κ1) is 13.1. The molecule has 0 unspecified atom stereocenters. The molecule has 0 spiro atoms. The van der Waals surface area contributed by atoms with Crippen LogP contribution in [-0.4, -0.2) is 18.2 Å². The van der Waals surface area contributed by atoms with Gasteiger partial charge >= 0.3 is 0 Å². The van der Waals surface area contributed by atoms with Gasteiger partial charge in [0, 0.05) is 4.90 Å². The maximum atomic E-state index is 11.8. The van der Waals surface area contributed by atoms with Gasteiger partial charge in [0.15, 0.2) is 0 Å². The predicted octanol–water partition coefficient (Wildman–Crippen LogP) is 2.33. The first-order chi connectivity index (χ1) is 7.56. The molecule has 0 heterocycles. The summed E-state index contributed by atoms with van der Waals surface area (Å²) in [4.78, 5) is 12.8. The van der Waals surface area contributed by atoms with Gasteiger partial charge in [-0.25, -0.2) is 0 Å². The highest BCUT2D eigenvalue weighted by atomic mass is 32.2. The van der Waals surface area contributed by atoms with E-state index in [9.17, 15) is 4.79 Å². The van der Waals surface area contributed by atoms with Crippen LogP contribution < -0.4 is 11.1 Å². The molecule has 1 aromatic carbocycles. The quantitative estimate of drug-likeness (QED) is 0.792. The summed E-state index contributed by atoms with van der Waals surface area (Å²) in [6.45, 7) is 3.87. The first-order valence-electron chi connectivity index (χ1n) is 5.25. The van der Waals surface area contributed by atoms with Crippen molar-refractivity contribution in [1.82, 2.24) is 0 Å². The number of hydrogen-bond donors (Lipinski definition) is 2. The molecule has 0 aliphatic heterocycles. The molecule has 4 heteroatoms.